The van der Waals surface area contributed by atoms with Gasteiger partial charge in [-0.2, -0.15) is 0 Å². The zero-order chi connectivity index (χ0) is 19.2. The molecule has 142 valence electrons. The van der Waals surface area contributed by atoms with Crippen molar-refractivity contribution in [3.63, 3.8) is 0 Å². The fraction of sp³-hybridized carbons (Fsp3) is 0.391. The Kier molecular flexibility index (Phi) is 6.73. The van der Waals surface area contributed by atoms with Crippen LogP contribution in [0.3, 0.4) is 0 Å². The molecule has 4 heteroatoms. The van der Waals surface area contributed by atoms with Crippen LogP contribution in [0.1, 0.15) is 65.9 Å². The van der Waals surface area contributed by atoms with Gasteiger partial charge < -0.3 is 5.11 Å². The number of aliphatic carboxylic acids is 1. The van der Waals surface area contributed by atoms with Gasteiger partial charge in [0.15, 0.2) is 5.78 Å². The number of hydrogen-bond donors (Lipinski definition) is 1. The van der Waals surface area contributed by atoms with E-state index >= 15 is 0 Å². The lowest BCUT2D eigenvalue weighted by atomic mass is 9.84. The van der Waals surface area contributed by atoms with Crippen LogP contribution >= 0.6 is 11.8 Å². The minimum Gasteiger partial charge on any atom is -0.480 e. The highest BCUT2D eigenvalue weighted by molar-refractivity contribution is 8.00. The molecule has 3 nitrogen and oxygen atoms in total. The molecule has 0 spiro atoms. The van der Waals surface area contributed by atoms with Gasteiger partial charge in [0.25, 0.3) is 0 Å². The summed E-state index contributed by atoms with van der Waals surface area (Å²) in [4.78, 5) is 25.1. The maximum atomic E-state index is 12.6. The van der Waals surface area contributed by atoms with Crippen LogP contribution in [-0.4, -0.2) is 22.1 Å². The second-order valence-electron chi connectivity index (χ2n) is 7.34. The van der Waals surface area contributed by atoms with E-state index in [4.69, 9.17) is 0 Å². The Morgan fingerprint density at radius 2 is 1.63 bits per heavy atom. The number of carboxylic acids is 1. The summed E-state index contributed by atoms with van der Waals surface area (Å²) in [5.74, 6) is -0.461. The summed E-state index contributed by atoms with van der Waals surface area (Å²) in [6.07, 6.45) is 6.33. The Morgan fingerprint density at radius 1 is 1.00 bits per heavy atom. The second-order valence-corrected chi connectivity index (χ2v) is 8.62. The van der Waals surface area contributed by atoms with Crippen LogP contribution in [0.5, 0.6) is 0 Å². The Hall–Kier alpha value is -2.07. The summed E-state index contributed by atoms with van der Waals surface area (Å²) in [6.45, 7) is 1.99. The molecule has 1 N–H and O–H groups in total. The van der Waals surface area contributed by atoms with Gasteiger partial charge >= 0.3 is 5.97 Å². The number of ketones is 1. The Labute approximate surface area is 165 Å². The standard InChI is InChI=1S/C23H26O3S/c1-16-7-13-20(14-8-16)27-22(23(25)26)15-21(24)19-11-9-18(10-12-19)17-5-3-2-4-6-17/h7-14,17,22H,2-6,15H2,1H3,(H,25,26)/t22-/m0/s1. The number of rotatable bonds is 7. The minimum atomic E-state index is -0.951. The van der Waals surface area contributed by atoms with Crippen LogP contribution in [0.4, 0.5) is 0 Å². The smallest absolute Gasteiger partial charge is 0.317 e. The number of Topliss-reactive ketones (excluding diaryl/α,β-unsaturated/α-hetero) is 1. The first-order chi connectivity index (χ1) is 13.0. The molecule has 1 fully saturated rings. The maximum absolute atomic E-state index is 12.6. The summed E-state index contributed by atoms with van der Waals surface area (Å²) < 4.78 is 0. The lowest BCUT2D eigenvalue weighted by Crippen LogP contribution is -2.20. The molecule has 0 saturated heterocycles. The van der Waals surface area contributed by atoms with E-state index < -0.39 is 11.2 Å². The van der Waals surface area contributed by atoms with Crippen LogP contribution < -0.4 is 0 Å². The molecule has 1 atom stereocenters. The first-order valence-electron chi connectivity index (χ1n) is 9.62. The Balaban J connectivity index is 1.64. The normalized spacial score (nSPS) is 16.0. The van der Waals surface area contributed by atoms with E-state index in [-0.39, 0.29) is 12.2 Å². The zero-order valence-electron chi connectivity index (χ0n) is 15.7. The number of benzene rings is 2. The molecule has 2 aromatic carbocycles. The lowest BCUT2D eigenvalue weighted by Gasteiger charge is -2.22. The Bertz CT molecular complexity index is 774. The predicted molar refractivity (Wildman–Crippen MR) is 110 cm³/mol. The van der Waals surface area contributed by atoms with Gasteiger partial charge in [-0.1, -0.05) is 61.2 Å². The first kappa shape index (κ1) is 19.7. The van der Waals surface area contributed by atoms with E-state index in [1.165, 1.54) is 49.4 Å². The van der Waals surface area contributed by atoms with Crippen LogP contribution in [0.2, 0.25) is 0 Å². The molecule has 0 amide bonds. The molecule has 1 saturated carbocycles. The third-order valence-corrected chi connectivity index (χ3v) is 6.45. The average Bonchev–Trinajstić information content (AvgIpc) is 2.69. The molecule has 27 heavy (non-hydrogen) atoms. The number of carboxylic acid groups (broad SMARTS) is 1. The number of hydrogen-bond acceptors (Lipinski definition) is 3. The summed E-state index contributed by atoms with van der Waals surface area (Å²) in [5.41, 5.74) is 3.03. The Morgan fingerprint density at radius 3 is 2.22 bits per heavy atom. The summed E-state index contributed by atoms with van der Waals surface area (Å²) in [6, 6.07) is 15.5. The summed E-state index contributed by atoms with van der Waals surface area (Å²) in [7, 11) is 0. The van der Waals surface area contributed by atoms with Gasteiger partial charge in [0.1, 0.15) is 5.25 Å². The van der Waals surface area contributed by atoms with Crippen LogP contribution in [0.15, 0.2) is 53.4 Å². The third kappa shape index (κ3) is 5.46. The fourth-order valence-corrected chi connectivity index (χ4v) is 4.58. The topological polar surface area (TPSA) is 54.4 Å². The SMILES string of the molecule is Cc1ccc(S[C@@H](CC(=O)c2ccc(C3CCCCC3)cc2)C(=O)O)cc1. The van der Waals surface area contributed by atoms with Crippen molar-refractivity contribution in [2.24, 2.45) is 0 Å². The highest BCUT2D eigenvalue weighted by atomic mass is 32.2. The first-order valence-corrected chi connectivity index (χ1v) is 10.5. The summed E-state index contributed by atoms with van der Waals surface area (Å²) >= 11 is 1.23. The largest absolute Gasteiger partial charge is 0.480 e. The predicted octanol–water partition coefficient (Wildman–Crippen LogP) is 5.86. The van der Waals surface area contributed by atoms with Crippen molar-refractivity contribution in [2.45, 2.75) is 61.5 Å². The molecule has 1 aliphatic rings. The van der Waals surface area contributed by atoms with Gasteiger partial charge in [0.05, 0.1) is 0 Å². The van der Waals surface area contributed by atoms with Gasteiger partial charge in [0, 0.05) is 16.9 Å². The lowest BCUT2D eigenvalue weighted by molar-refractivity contribution is -0.136. The van der Waals surface area contributed by atoms with Gasteiger partial charge in [-0.3, -0.25) is 9.59 Å². The highest BCUT2D eigenvalue weighted by Crippen LogP contribution is 2.33. The van der Waals surface area contributed by atoms with E-state index in [0.29, 0.717) is 11.5 Å². The molecular weight excluding hydrogens is 356 g/mol. The van der Waals surface area contributed by atoms with E-state index in [0.717, 1.165) is 10.5 Å². The number of aryl methyl sites for hydroxylation is 1. The maximum Gasteiger partial charge on any atom is 0.317 e. The molecule has 3 rings (SSSR count). The molecule has 0 radical (unpaired) electrons. The van der Waals surface area contributed by atoms with Crippen molar-refractivity contribution in [3.05, 3.63) is 65.2 Å². The molecular formula is C23H26O3S. The molecule has 0 aromatic heterocycles. The second kappa shape index (κ2) is 9.23. The molecule has 0 aliphatic heterocycles. The molecule has 2 aromatic rings. The van der Waals surface area contributed by atoms with E-state index in [2.05, 4.69) is 0 Å². The van der Waals surface area contributed by atoms with Crippen LogP contribution in [0.25, 0.3) is 0 Å². The van der Waals surface area contributed by atoms with Crippen molar-refractivity contribution >= 4 is 23.5 Å². The van der Waals surface area contributed by atoms with E-state index in [1.54, 1.807) is 0 Å². The number of thioether (sulfide) groups is 1. The van der Waals surface area contributed by atoms with E-state index in [9.17, 15) is 14.7 Å². The van der Waals surface area contributed by atoms with Gasteiger partial charge in [0.2, 0.25) is 0 Å². The molecule has 1 aliphatic carbocycles. The van der Waals surface area contributed by atoms with Crippen LogP contribution in [0, 0.1) is 6.92 Å². The fourth-order valence-electron chi connectivity index (χ4n) is 3.62. The molecule has 0 unspecified atom stereocenters. The quantitative estimate of drug-likeness (QED) is 0.481. The highest BCUT2D eigenvalue weighted by Gasteiger charge is 2.23. The monoisotopic (exact) mass is 382 g/mol. The van der Waals surface area contributed by atoms with Crippen molar-refractivity contribution < 1.29 is 14.7 Å². The van der Waals surface area contributed by atoms with E-state index in [1.807, 2.05) is 55.5 Å². The zero-order valence-corrected chi connectivity index (χ0v) is 16.5. The average molecular weight is 383 g/mol. The van der Waals surface area contributed by atoms with Crippen molar-refractivity contribution in [1.82, 2.24) is 0 Å². The molecule has 0 bridgehead atoms. The van der Waals surface area contributed by atoms with Gasteiger partial charge in [-0.15, -0.1) is 11.8 Å². The number of carbonyl (C=O) groups is 2. The van der Waals surface area contributed by atoms with Crippen molar-refractivity contribution in [1.29, 1.82) is 0 Å². The minimum absolute atomic E-state index is 0.00332. The van der Waals surface area contributed by atoms with Crippen molar-refractivity contribution in [2.75, 3.05) is 0 Å². The van der Waals surface area contributed by atoms with Crippen molar-refractivity contribution in [3.8, 4) is 0 Å². The van der Waals surface area contributed by atoms with Gasteiger partial charge in [-0.05, 0) is 43.4 Å². The number of carbonyl (C=O) groups excluding carboxylic acids is 1. The van der Waals surface area contributed by atoms with Crippen LogP contribution in [-0.2, 0) is 4.79 Å². The third-order valence-electron chi connectivity index (χ3n) is 5.25. The summed E-state index contributed by atoms with van der Waals surface area (Å²) in [5, 5.41) is 8.75. The van der Waals surface area contributed by atoms with Gasteiger partial charge in [-0.25, -0.2) is 0 Å². The molecule has 0 heterocycles.